The number of rotatable bonds is 7. The molecule has 2 N–H and O–H groups in total. The molecule has 0 aliphatic heterocycles. The van der Waals surface area contributed by atoms with E-state index in [-0.39, 0.29) is 4.75 Å². The van der Waals surface area contributed by atoms with Gasteiger partial charge in [-0.2, -0.15) is 11.8 Å². The minimum absolute atomic E-state index is 0.126. The lowest BCUT2D eigenvalue weighted by molar-refractivity contribution is 0.570. The first-order valence-corrected chi connectivity index (χ1v) is 9.63. The highest BCUT2D eigenvalue weighted by atomic mass is 32.2. The minimum Gasteiger partial charge on any atom is -0.316 e. The first-order valence-electron chi connectivity index (χ1n) is 6.92. The first-order chi connectivity index (χ1) is 9.63. The Hall–Kier alpha value is -0.560. The summed E-state index contributed by atoms with van der Waals surface area (Å²) in [5, 5.41) is 3.06. The summed E-state index contributed by atoms with van der Waals surface area (Å²) in [6, 6.07) is 3.78. The van der Waals surface area contributed by atoms with Crippen molar-refractivity contribution in [3.05, 3.63) is 28.8 Å². The van der Waals surface area contributed by atoms with Crippen LogP contribution in [0, 0.1) is 13.8 Å². The second-order valence-electron chi connectivity index (χ2n) is 5.85. The Morgan fingerprint density at radius 2 is 1.86 bits per heavy atom. The zero-order chi connectivity index (χ0) is 16.3. The zero-order valence-electron chi connectivity index (χ0n) is 13.7. The maximum absolute atomic E-state index is 12.6. The van der Waals surface area contributed by atoms with E-state index in [0.29, 0.717) is 18.0 Å². The van der Waals surface area contributed by atoms with Crippen LogP contribution in [-0.2, 0) is 16.6 Å². The monoisotopic (exact) mass is 330 g/mol. The van der Waals surface area contributed by atoms with Crippen molar-refractivity contribution >= 4 is 21.8 Å². The van der Waals surface area contributed by atoms with Crippen molar-refractivity contribution in [2.24, 2.45) is 0 Å². The number of hydrogen-bond acceptors (Lipinski definition) is 4. The Bertz CT molecular complexity index is 596. The third kappa shape index (κ3) is 4.98. The van der Waals surface area contributed by atoms with Crippen LogP contribution < -0.4 is 10.0 Å². The van der Waals surface area contributed by atoms with Gasteiger partial charge in [0.1, 0.15) is 0 Å². The summed E-state index contributed by atoms with van der Waals surface area (Å²) >= 11 is 1.64. The van der Waals surface area contributed by atoms with Crippen LogP contribution in [0.3, 0.4) is 0 Å². The molecule has 0 bridgehead atoms. The molecule has 4 nitrogen and oxygen atoms in total. The highest BCUT2D eigenvalue weighted by molar-refractivity contribution is 8.00. The van der Waals surface area contributed by atoms with Crippen molar-refractivity contribution in [3.8, 4) is 0 Å². The summed E-state index contributed by atoms with van der Waals surface area (Å²) in [5.41, 5.74) is 2.78. The fraction of sp³-hybridized carbons (Fsp3) is 0.600. The van der Waals surface area contributed by atoms with Gasteiger partial charge in [0.25, 0.3) is 0 Å². The Morgan fingerprint density at radius 1 is 1.24 bits per heavy atom. The van der Waals surface area contributed by atoms with E-state index in [4.69, 9.17) is 0 Å². The molecule has 1 aromatic carbocycles. The maximum atomic E-state index is 12.6. The van der Waals surface area contributed by atoms with E-state index >= 15 is 0 Å². The van der Waals surface area contributed by atoms with Crippen LogP contribution in [0.1, 0.15) is 30.5 Å². The molecule has 0 heterocycles. The first kappa shape index (κ1) is 18.5. The van der Waals surface area contributed by atoms with Crippen molar-refractivity contribution < 1.29 is 8.42 Å². The quantitative estimate of drug-likeness (QED) is 0.806. The van der Waals surface area contributed by atoms with E-state index in [1.807, 2.05) is 47.1 Å². The molecule has 0 unspecified atom stereocenters. The molecule has 0 saturated carbocycles. The molecule has 21 heavy (non-hydrogen) atoms. The van der Waals surface area contributed by atoms with E-state index in [0.717, 1.165) is 16.7 Å². The van der Waals surface area contributed by atoms with Crippen LogP contribution in [-0.4, -0.2) is 33.0 Å². The van der Waals surface area contributed by atoms with Gasteiger partial charge in [0.05, 0.1) is 4.90 Å². The molecule has 0 aromatic heterocycles. The molecule has 1 aromatic rings. The van der Waals surface area contributed by atoms with Gasteiger partial charge in [-0.1, -0.05) is 6.07 Å². The minimum atomic E-state index is -3.49. The Balaban J connectivity index is 3.13. The van der Waals surface area contributed by atoms with Crippen LogP contribution in [0.5, 0.6) is 0 Å². The lowest BCUT2D eigenvalue weighted by Gasteiger charge is -2.23. The average Bonchev–Trinajstić information content (AvgIpc) is 2.41. The van der Waals surface area contributed by atoms with Gasteiger partial charge >= 0.3 is 0 Å². The third-order valence-corrected chi connectivity index (χ3v) is 6.37. The van der Waals surface area contributed by atoms with E-state index < -0.39 is 10.0 Å². The lowest BCUT2D eigenvalue weighted by Crippen LogP contribution is -2.36. The average molecular weight is 331 g/mol. The van der Waals surface area contributed by atoms with Gasteiger partial charge in [0.2, 0.25) is 10.0 Å². The summed E-state index contributed by atoms with van der Waals surface area (Å²) in [5.74, 6) is 0. The van der Waals surface area contributed by atoms with E-state index in [1.54, 1.807) is 17.8 Å². The third-order valence-electron chi connectivity index (χ3n) is 3.59. The molecule has 0 saturated heterocycles. The Morgan fingerprint density at radius 3 is 2.38 bits per heavy atom. The molecule has 0 radical (unpaired) electrons. The van der Waals surface area contributed by atoms with Crippen LogP contribution in [0.2, 0.25) is 0 Å². The molecule has 6 heteroatoms. The summed E-state index contributed by atoms with van der Waals surface area (Å²) in [7, 11) is -1.64. The molecule has 0 aliphatic carbocycles. The molecule has 1 rings (SSSR count). The standard InChI is InChI=1S/C15H26N2O2S2/c1-11-7-13(9-16-5)8-14(12(11)2)21(18,19)17-10-15(3,4)20-6/h7-8,16-17H,9-10H2,1-6H3. The predicted molar refractivity (Wildman–Crippen MR) is 91.5 cm³/mol. The van der Waals surface area contributed by atoms with Crippen LogP contribution in [0.15, 0.2) is 17.0 Å². The van der Waals surface area contributed by atoms with E-state index in [1.165, 1.54) is 0 Å². The second kappa shape index (κ2) is 7.13. The van der Waals surface area contributed by atoms with Crippen molar-refractivity contribution in [3.63, 3.8) is 0 Å². The fourth-order valence-corrected chi connectivity index (χ4v) is 3.79. The molecule has 0 spiro atoms. The lowest BCUT2D eigenvalue weighted by atomic mass is 10.1. The molecule has 0 fully saturated rings. The molecular weight excluding hydrogens is 304 g/mol. The Labute approximate surface area is 133 Å². The number of hydrogen-bond donors (Lipinski definition) is 2. The summed E-state index contributed by atoms with van der Waals surface area (Å²) < 4.78 is 27.8. The molecule has 120 valence electrons. The van der Waals surface area contributed by atoms with Crippen molar-refractivity contribution in [1.29, 1.82) is 0 Å². The van der Waals surface area contributed by atoms with Crippen molar-refractivity contribution in [2.75, 3.05) is 19.8 Å². The number of sulfonamides is 1. The van der Waals surface area contributed by atoms with Crippen molar-refractivity contribution in [1.82, 2.24) is 10.0 Å². The zero-order valence-corrected chi connectivity index (χ0v) is 15.3. The van der Waals surface area contributed by atoms with Crippen LogP contribution >= 0.6 is 11.8 Å². The maximum Gasteiger partial charge on any atom is 0.240 e. The normalized spacial score (nSPS) is 12.7. The predicted octanol–water partition coefficient (Wildman–Crippen LogP) is 2.44. The molecule has 0 amide bonds. The van der Waals surface area contributed by atoms with Crippen LogP contribution in [0.25, 0.3) is 0 Å². The highest BCUT2D eigenvalue weighted by Gasteiger charge is 2.23. The topological polar surface area (TPSA) is 58.2 Å². The number of thioether (sulfide) groups is 1. The molecule has 0 atom stereocenters. The van der Waals surface area contributed by atoms with Crippen molar-refractivity contribution in [2.45, 2.75) is 43.9 Å². The van der Waals surface area contributed by atoms with Gasteiger partial charge in [-0.3, -0.25) is 0 Å². The van der Waals surface area contributed by atoms with Crippen LogP contribution in [0.4, 0.5) is 0 Å². The van der Waals surface area contributed by atoms with E-state index in [9.17, 15) is 8.42 Å². The second-order valence-corrected chi connectivity index (χ2v) is 9.10. The van der Waals surface area contributed by atoms with Gasteiger partial charge < -0.3 is 5.32 Å². The number of nitrogens with one attached hydrogen (secondary N) is 2. The van der Waals surface area contributed by atoms with Gasteiger partial charge in [0, 0.05) is 17.8 Å². The molecular formula is C15H26N2O2S2. The largest absolute Gasteiger partial charge is 0.316 e. The smallest absolute Gasteiger partial charge is 0.240 e. The van der Waals surface area contributed by atoms with Gasteiger partial charge in [0.15, 0.2) is 0 Å². The number of aryl methyl sites for hydroxylation is 1. The SMILES string of the molecule is CNCc1cc(C)c(C)c(S(=O)(=O)NCC(C)(C)SC)c1. The van der Waals surface area contributed by atoms with Gasteiger partial charge in [-0.25, -0.2) is 13.1 Å². The fourth-order valence-electron chi connectivity index (χ4n) is 1.90. The summed E-state index contributed by atoms with van der Waals surface area (Å²) in [6.07, 6.45) is 1.98. The summed E-state index contributed by atoms with van der Waals surface area (Å²) in [6.45, 7) is 8.91. The molecule has 0 aliphatic rings. The van der Waals surface area contributed by atoms with Gasteiger partial charge in [-0.15, -0.1) is 0 Å². The van der Waals surface area contributed by atoms with E-state index in [2.05, 4.69) is 10.0 Å². The highest BCUT2D eigenvalue weighted by Crippen LogP contribution is 2.24. The van der Waals surface area contributed by atoms with Gasteiger partial charge in [-0.05, 0) is 63.8 Å². The summed E-state index contributed by atoms with van der Waals surface area (Å²) in [4.78, 5) is 0.379. The Kier molecular flexibility index (Phi) is 6.28. The number of benzene rings is 1.